The molecule has 0 spiro atoms. The van der Waals surface area contributed by atoms with Gasteiger partial charge in [-0.15, -0.1) is 0 Å². The molecule has 6 heteroatoms. The van der Waals surface area contributed by atoms with E-state index in [1.807, 2.05) is 0 Å². The number of hydrogen-bond acceptors (Lipinski definition) is 4. The Hall–Kier alpha value is -1.27. The minimum atomic E-state index is -2.31. The van der Waals surface area contributed by atoms with E-state index >= 15 is 0 Å². The molecule has 1 aromatic heterocycles. The van der Waals surface area contributed by atoms with Crippen molar-refractivity contribution in [2.75, 3.05) is 0 Å². The molecule has 0 amide bonds. The van der Waals surface area contributed by atoms with Gasteiger partial charge in [0.05, 0.1) is 10.9 Å². The summed E-state index contributed by atoms with van der Waals surface area (Å²) < 4.78 is 22.1. The van der Waals surface area contributed by atoms with Gasteiger partial charge in [0.15, 0.2) is 0 Å². The number of rotatable bonds is 4. The van der Waals surface area contributed by atoms with E-state index in [0.29, 0.717) is 0 Å². The highest BCUT2D eigenvalue weighted by Crippen LogP contribution is 2.25. The Bertz CT molecular complexity index is 419. The van der Waals surface area contributed by atoms with Gasteiger partial charge in [0.1, 0.15) is 5.69 Å². The lowest BCUT2D eigenvalue weighted by molar-refractivity contribution is 0.0690. The van der Waals surface area contributed by atoms with Crippen molar-refractivity contribution in [3.63, 3.8) is 0 Å². The lowest BCUT2D eigenvalue weighted by Gasteiger charge is -2.22. The van der Waals surface area contributed by atoms with E-state index in [1.54, 1.807) is 13.8 Å². The molecule has 5 nitrogen and oxygen atoms in total. The molecule has 0 fully saturated rings. The normalized spacial score (nSPS) is 14.8. The van der Waals surface area contributed by atoms with Crippen LogP contribution >= 0.6 is 0 Å². The standard InChI is InChI=1S/C10H13NO4S/c1-6(2)9(16(14)15)7-4-3-5-8(11-7)10(12)13/h3-6,9H,1-2H3,(H,12,13)(H,14,15)/p-1. The predicted molar refractivity (Wildman–Crippen MR) is 57.7 cm³/mol. The minimum Gasteiger partial charge on any atom is -0.772 e. The summed E-state index contributed by atoms with van der Waals surface area (Å²) in [6.45, 7) is 3.49. The molecule has 0 aromatic carbocycles. The first-order valence-electron chi connectivity index (χ1n) is 4.71. The Balaban J connectivity index is 3.15. The lowest BCUT2D eigenvalue weighted by Crippen LogP contribution is -2.15. The molecule has 0 bridgehead atoms. The highest BCUT2D eigenvalue weighted by molar-refractivity contribution is 7.79. The van der Waals surface area contributed by atoms with Crippen molar-refractivity contribution < 1.29 is 18.7 Å². The number of carbonyl (C=O) groups is 1. The summed E-state index contributed by atoms with van der Waals surface area (Å²) in [4.78, 5) is 14.5. The van der Waals surface area contributed by atoms with E-state index in [9.17, 15) is 13.6 Å². The molecule has 1 heterocycles. The number of pyridine rings is 1. The molecular weight excluding hydrogens is 230 g/mol. The van der Waals surface area contributed by atoms with Gasteiger partial charge in [0.25, 0.3) is 0 Å². The maximum atomic E-state index is 11.0. The maximum Gasteiger partial charge on any atom is 0.354 e. The van der Waals surface area contributed by atoms with E-state index in [1.165, 1.54) is 18.2 Å². The molecular formula is C10H12NO4S-. The summed E-state index contributed by atoms with van der Waals surface area (Å²) >= 11 is -2.31. The van der Waals surface area contributed by atoms with Crippen molar-refractivity contribution in [3.8, 4) is 0 Å². The Morgan fingerprint density at radius 3 is 2.56 bits per heavy atom. The van der Waals surface area contributed by atoms with E-state index in [-0.39, 0.29) is 17.3 Å². The zero-order valence-corrected chi connectivity index (χ0v) is 9.73. The third kappa shape index (κ3) is 2.86. The fraction of sp³-hybridized carbons (Fsp3) is 0.400. The smallest absolute Gasteiger partial charge is 0.354 e. The van der Waals surface area contributed by atoms with Gasteiger partial charge in [-0.2, -0.15) is 0 Å². The Labute approximate surface area is 95.8 Å². The van der Waals surface area contributed by atoms with Crippen molar-refractivity contribution in [1.82, 2.24) is 4.98 Å². The van der Waals surface area contributed by atoms with Gasteiger partial charge in [0.2, 0.25) is 0 Å². The summed E-state index contributed by atoms with van der Waals surface area (Å²) in [5.41, 5.74) is 0.122. The van der Waals surface area contributed by atoms with E-state index in [2.05, 4.69) is 4.98 Å². The minimum absolute atomic E-state index is 0.145. The molecule has 0 aliphatic rings. The zero-order valence-electron chi connectivity index (χ0n) is 8.91. The summed E-state index contributed by atoms with van der Waals surface area (Å²) in [5.74, 6) is -1.32. The van der Waals surface area contributed by atoms with Crippen molar-refractivity contribution in [2.45, 2.75) is 19.1 Å². The van der Waals surface area contributed by atoms with Crippen molar-refractivity contribution in [3.05, 3.63) is 29.6 Å². The van der Waals surface area contributed by atoms with Crippen LogP contribution in [0.4, 0.5) is 0 Å². The molecule has 0 radical (unpaired) electrons. The van der Waals surface area contributed by atoms with Crippen LogP contribution in [0.3, 0.4) is 0 Å². The number of aromatic nitrogens is 1. The quantitative estimate of drug-likeness (QED) is 0.805. The second-order valence-corrected chi connectivity index (χ2v) is 4.71. The highest BCUT2D eigenvalue weighted by Gasteiger charge is 2.19. The summed E-state index contributed by atoms with van der Waals surface area (Å²) in [6.07, 6.45) is 0. The molecule has 2 atom stereocenters. The molecule has 0 saturated heterocycles. The zero-order chi connectivity index (χ0) is 12.3. The van der Waals surface area contributed by atoms with Gasteiger partial charge in [0, 0.05) is 0 Å². The topological polar surface area (TPSA) is 90.3 Å². The fourth-order valence-corrected chi connectivity index (χ4v) is 2.16. The average Bonchev–Trinajstić information content (AvgIpc) is 2.16. The van der Waals surface area contributed by atoms with Crippen LogP contribution in [-0.2, 0) is 11.1 Å². The highest BCUT2D eigenvalue weighted by atomic mass is 32.2. The predicted octanol–water partition coefficient (Wildman–Crippen LogP) is 1.36. The number of aromatic carboxylic acids is 1. The monoisotopic (exact) mass is 242 g/mol. The van der Waals surface area contributed by atoms with E-state index in [4.69, 9.17) is 5.11 Å². The van der Waals surface area contributed by atoms with E-state index < -0.39 is 22.3 Å². The van der Waals surface area contributed by atoms with Crippen molar-refractivity contribution in [2.24, 2.45) is 5.92 Å². The first-order chi connectivity index (χ1) is 7.43. The lowest BCUT2D eigenvalue weighted by atomic mass is 10.1. The molecule has 2 unspecified atom stereocenters. The summed E-state index contributed by atoms with van der Waals surface area (Å²) in [7, 11) is 0. The third-order valence-electron chi connectivity index (χ3n) is 2.09. The molecule has 88 valence electrons. The van der Waals surface area contributed by atoms with Crippen LogP contribution in [0.2, 0.25) is 0 Å². The number of carboxylic acids is 1. The Kier molecular flexibility index (Phi) is 4.14. The van der Waals surface area contributed by atoms with Gasteiger partial charge < -0.3 is 9.66 Å². The molecule has 0 aliphatic heterocycles. The molecule has 1 aromatic rings. The Morgan fingerprint density at radius 1 is 1.50 bits per heavy atom. The number of carboxylic acid groups (broad SMARTS) is 1. The first kappa shape index (κ1) is 12.8. The molecule has 1 N–H and O–H groups in total. The molecule has 0 aliphatic carbocycles. The molecule has 16 heavy (non-hydrogen) atoms. The van der Waals surface area contributed by atoms with Crippen LogP contribution in [0.25, 0.3) is 0 Å². The van der Waals surface area contributed by atoms with Gasteiger partial charge in [-0.1, -0.05) is 19.9 Å². The second-order valence-electron chi connectivity index (χ2n) is 3.68. The van der Waals surface area contributed by atoms with Crippen molar-refractivity contribution >= 4 is 17.0 Å². The largest absolute Gasteiger partial charge is 0.772 e. The third-order valence-corrected chi connectivity index (χ3v) is 3.29. The fourth-order valence-electron chi connectivity index (χ4n) is 1.39. The van der Waals surface area contributed by atoms with Gasteiger partial charge in [-0.05, 0) is 29.1 Å². The van der Waals surface area contributed by atoms with Crippen LogP contribution in [-0.4, -0.2) is 24.8 Å². The Morgan fingerprint density at radius 2 is 2.12 bits per heavy atom. The first-order valence-corrected chi connectivity index (χ1v) is 5.85. The second kappa shape index (κ2) is 5.18. The van der Waals surface area contributed by atoms with Crippen LogP contribution in [0.5, 0.6) is 0 Å². The SMILES string of the molecule is CC(C)C(c1cccc(C(=O)O)n1)S(=O)[O-]. The average molecular weight is 242 g/mol. The van der Waals surface area contributed by atoms with E-state index in [0.717, 1.165) is 0 Å². The molecule has 1 rings (SSSR count). The van der Waals surface area contributed by atoms with Crippen LogP contribution in [0.15, 0.2) is 18.2 Å². The van der Waals surface area contributed by atoms with Gasteiger partial charge >= 0.3 is 5.97 Å². The maximum absolute atomic E-state index is 11.0. The molecule has 0 saturated carbocycles. The number of hydrogen-bond donors (Lipinski definition) is 1. The van der Waals surface area contributed by atoms with Crippen LogP contribution in [0, 0.1) is 5.92 Å². The van der Waals surface area contributed by atoms with Crippen LogP contribution in [0.1, 0.15) is 35.3 Å². The van der Waals surface area contributed by atoms with Crippen molar-refractivity contribution in [1.29, 1.82) is 0 Å². The van der Waals surface area contributed by atoms with Gasteiger partial charge in [-0.25, -0.2) is 9.78 Å². The van der Waals surface area contributed by atoms with Gasteiger partial charge in [-0.3, -0.25) is 4.21 Å². The number of nitrogens with zero attached hydrogens (tertiary/aromatic N) is 1. The van der Waals surface area contributed by atoms with Crippen LogP contribution < -0.4 is 0 Å². The summed E-state index contributed by atoms with van der Waals surface area (Å²) in [6, 6.07) is 4.35. The summed E-state index contributed by atoms with van der Waals surface area (Å²) in [5, 5.41) is 7.97.